The molecular weight excluding hydrogens is 316 g/mol. The van der Waals surface area contributed by atoms with Gasteiger partial charge in [0.15, 0.2) is 11.5 Å². The summed E-state index contributed by atoms with van der Waals surface area (Å²) in [5.41, 5.74) is 8.98. The lowest BCUT2D eigenvalue weighted by Crippen LogP contribution is -2.19. The van der Waals surface area contributed by atoms with E-state index in [1.807, 2.05) is 24.3 Å². The van der Waals surface area contributed by atoms with Crippen LogP contribution in [0.3, 0.4) is 0 Å². The number of nitrogens with two attached hydrogens (primary N) is 1. The largest absolute Gasteiger partial charge is 0.495 e. The van der Waals surface area contributed by atoms with Crippen LogP contribution in [-0.2, 0) is 13.0 Å². The van der Waals surface area contributed by atoms with Gasteiger partial charge in [0.05, 0.1) is 27.0 Å². The molecule has 0 unspecified atom stereocenters. The summed E-state index contributed by atoms with van der Waals surface area (Å²) < 4.78 is 15.9. The van der Waals surface area contributed by atoms with Gasteiger partial charge in [0.25, 0.3) is 0 Å². The lowest BCUT2D eigenvalue weighted by Gasteiger charge is -2.18. The molecule has 2 aromatic carbocycles. The lowest BCUT2D eigenvalue weighted by molar-refractivity contribution is 0.319. The fraction of sp³-hybridized carbons (Fsp3) is 0.400. The van der Waals surface area contributed by atoms with Gasteiger partial charge in [-0.15, -0.1) is 0 Å². The minimum atomic E-state index is 0.678. The van der Waals surface area contributed by atoms with Gasteiger partial charge in [-0.05, 0) is 61.8 Å². The van der Waals surface area contributed by atoms with Crippen LogP contribution in [0.1, 0.15) is 17.5 Å². The van der Waals surface area contributed by atoms with Crippen molar-refractivity contribution >= 4 is 5.69 Å². The summed E-state index contributed by atoms with van der Waals surface area (Å²) in [6, 6.07) is 12.0. The molecule has 5 nitrogen and oxygen atoms in total. The maximum atomic E-state index is 5.85. The zero-order valence-electron chi connectivity index (χ0n) is 15.5. The van der Waals surface area contributed by atoms with Gasteiger partial charge in [-0.25, -0.2) is 0 Å². The number of hydrogen-bond donors (Lipinski definition) is 1. The van der Waals surface area contributed by atoms with Crippen LogP contribution >= 0.6 is 0 Å². The predicted molar refractivity (Wildman–Crippen MR) is 102 cm³/mol. The van der Waals surface area contributed by atoms with Crippen molar-refractivity contribution in [2.75, 3.05) is 40.7 Å². The third-order valence-corrected chi connectivity index (χ3v) is 4.20. The molecule has 0 radical (unpaired) electrons. The monoisotopic (exact) mass is 344 g/mol. The van der Waals surface area contributed by atoms with Gasteiger partial charge in [-0.3, -0.25) is 0 Å². The molecule has 0 bridgehead atoms. The van der Waals surface area contributed by atoms with E-state index in [1.54, 1.807) is 21.3 Å². The van der Waals surface area contributed by atoms with Gasteiger partial charge in [-0.1, -0.05) is 12.1 Å². The summed E-state index contributed by atoms with van der Waals surface area (Å²) in [4.78, 5) is 2.30. The zero-order chi connectivity index (χ0) is 18.2. The number of hydrogen-bond acceptors (Lipinski definition) is 5. The number of methoxy groups -OCH3 is 3. The zero-order valence-corrected chi connectivity index (χ0v) is 15.5. The fourth-order valence-corrected chi connectivity index (χ4v) is 2.83. The van der Waals surface area contributed by atoms with Gasteiger partial charge >= 0.3 is 0 Å². The first-order chi connectivity index (χ1) is 12.1. The minimum absolute atomic E-state index is 0.678. The van der Waals surface area contributed by atoms with Crippen molar-refractivity contribution in [1.82, 2.24) is 4.90 Å². The first-order valence-electron chi connectivity index (χ1n) is 8.39. The maximum absolute atomic E-state index is 5.85. The Morgan fingerprint density at radius 3 is 2.16 bits per heavy atom. The number of anilines is 1. The van der Waals surface area contributed by atoms with Crippen LogP contribution in [0.5, 0.6) is 17.2 Å². The number of rotatable bonds is 9. The van der Waals surface area contributed by atoms with Crippen molar-refractivity contribution in [2.24, 2.45) is 0 Å². The average Bonchev–Trinajstić information content (AvgIpc) is 2.62. The Morgan fingerprint density at radius 2 is 1.48 bits per heavy atom. The molecule has 0 aliphatic rings. The summed E-state index contributed by atoms with van der Waals surface area (Å²) >= 11 is 0. The SMILES string of the molecule is COc1cc(CCCN(C)Cc2ccc(OC)c(OC)c2)ccc1N. The second-order valence-electron chi connectivity index (χ2n) is 6.11. The van der Waals surface area contributed by atoms with E-state index >= 15 is 0 Å². The summed E-state index contributed by atoms with van der Waals surface area (Å²) in [5.74, 6) is 2.27. The van der Waals surface area contributed by atoms with E-state index in [9.17, 15) is 0 Å². The van der Waals surface area contributed by atoms with E-state index in [0.29, 0.717) is 5.69 Å². The number of benzene rings is 2. The third-order valence-electron chi connectivity index (χ3n) is 4.20. The van der Waals surface area contributed by atoms with Crippen molar-refractivity contribution in [3.05, 3.63) is 47.5 Å². The summed E-state index contributed by atoms with van der Waals surface area (Å²) in [6.07, 6.45) is 2.06. The quantitative estimate of drug-likeness (QED) is 0.707. The number of nitrogens with zero attached hydrogens (tertiary/aromatic N) is 1. The molecule has 0 aromatic heterocycles. The topological polar surface area (TPSA) is 57.0 Å². The Balaban J connectivity index is 1.85. The molecular formula is C20H28N2O3. The molecule has 0 amide bonds. The highest BCUT2D eigenvalue weighted by Gasteiger charge is 2.07. The Morgan fingerprint density at radius 1 is 0.840 bits per heavy atom. The molecule has 0 atom stereocenters. The molecule has 25 heavy (non-hydrogen) atoms. The molecule has 0 fully saturated rings. The maximum Gasteiger partial charge on any atom is 0.161 e. The third kappa shape index (κ3) is 5.29. The van der Waals surface area contributed by atoms with Gasteiger partial charge in [-0.2, -0.15) is 0 Å². The first kappa shape index (κ1) is 18.9. The molecule has 0 aliphatic heterocycles. The van der Waals surface area contributed by atoms with E-state index in [2.05, 4.69) is 24.1 Å². The molecule has 0 saturated carbocycles. The van der Waals surface area contributed by atoms with E-state index in [-0.39, 0.29) is 0 Å². The molecule has 2 aromatic rings. The van der Waals surface area contributed by atoms with Gasteiger partial charge in [0, 0.05) is 6.54 Å². The van der Waals surface area contributed by atoms with Crippen molar-refractivity contribution < 1.29 is 14.2 Å². The van der Waals surface area contributed by atoms with E-state index in [0.717, 1.165) is 43.2 Å². The Kier molecular flexibility index (Phi) is 6.95. The second-order valence-corrected chi connectivity index (χ2v) is 6.11. The highest BCUT2D eigenvalue weighted by molar-refractivity contribution is 5.53. The standard InChI is InChI=1S/C20H28N2O3/c1-22(14-16-8-10-18(23-2)20(13-16)25-4)11-5-6-15-7-9-17(21)19(12-15)24-3/h7-10,12-13H,5-6,11,14,21H2,1-4H3. The summed E-state index contributed by atoms with van der Waals surface area (Å²) in [7, 11) is 7.08. The van der Waals surface area contributed by atoms with Crippen LogP contribution in [0.2, 0.25) is 0 Å². The Labute approximate surface area is 150 Å². The minimum Gasteiger partial charge on any atom is -0.495 e. The molecule has 2 N–H and O–H groups in total. The second kappa shape index (κ2) is 9.18. The molecule has 0 saturated heterocycles. The normalized spacial score (nSPS) is 10.8. The van der Waals surface area contributed by atoms with E-state index in [1.165, 1.54) is 11.1 Å². The van der Waals surface area contributed by atoms with Gasteiger partial charge in [0.1, 0.15) is 5.75 Å². The summed E-state index contributed by atoms with van der Waals surface area (Å²) in [5, 5.41) is 0. The van der Waals surface area contributed by atoms with Crippen LogP contribution in [0.4, 0.5) is 5.69 Å². The van der Waals surface area contributed by atoms with E-state index < -0.39 is 0 Å². The lowest BCUT2D eigenvalue weighted by atomic mass is 10.1. The van der Waals surface area contributed by atoms with Crippen molar-refractivity contribution in [1.29, 1.82) is 0 Å². The van der Waals surface area contributed by atoms with Crippen molar-refractivity contribution in [2.45, 2.75) is 19.4 Å². The molecule has 0 aliphatic carbocycles. The van der Waals surface area contributed by atoms with Crippen LogP contribution in [-0.4, -0.2) is 39.8 Å². The van der Waals surface area contributed by atoms with Crippen molar-refractivity contribution in [3.8, 4) is 17.2 Å². The first-order valence-corrected chi connectivity index (χ1v) is 8.39. The number of nitrogen functional groups attached to an aromatic ring is 1. The smallest absolute Gasteiger partial charge is 0.161 e. The highest BCUT2D eigenvalue weighted by Crippen LogP contribution is 2.28. The van der Waals surface area contributed by atoms with Crippen molar-refractivity contribution in [3.63, 3.8) is 0 Å². The Bertz CT molecular complexity index is 689. The van der Waals surface area contributed by atoms with E-state index in [4.69, 9.17) is 19.9 Å². The molecule has 5 heteroatoms. The Hall–Kier alpha value is -2.40. The predicted octanol–water partition coefficient (Wildman–Crippen LogP) is 3.36. The van der Waals surface area contributed by atoms with Crippen LogP contribution in [0, 0.1) is 0 Å². The molecule has 136 valence electrons. The average molecular weight is 344 g/mol. The van der Waals surface area contributed by atoms with Gasteiger partial charge < -0.3 is 24.8 Å². The summed E-state index contributed by atoms with van der Waals surface area (Å²) in [6.45, 7) is 1.87. The fourth-order valence-electron chi connectivity index (χ4n) is 2.83. The van der Waals surface area contributed by atoms with Crippen LogP contribution in [0.15, 0.2) is 36.4 Å². The molecule has 0 heterocycles. The van der Waals surface area contributed by atoms with Crippen LogP contribution < -0.4 is 19.9 Å². The highest BCUT2D eigenvalue weighted by atomic mass is 16.5. The van der Waals surface area contributed by atoms with Gasteiger partial charge in [0.2, 0.25) is 0 Å². The molecule has 0 spiro atoms. The molecule has 2 rings (SSSR count). The van der Waals surface area contributed by atoms with Crippen LogP contribution in [0.25, 0.3) is 0 Å². The number of aryl methyl sites for hydroxylation is 1. The number of ether oxygens (including phenoxy) is 3.